The Kier molecular flexibility index (Phi) is 6.51. The van der Waals surface area contributed by atoms with Gasteiger partial charge in [-0.2, -0.15) is 0 Å². The quantitative estimate of drug-likeness (QED) is 0.376. The summed E-state index contributed by atoms with van der Waals surface area (Å²) < 4.78 is 0. The SMILES string of the molecule is CCCCSc1nc2c(c(=O)[nH]1)[C@@H](C(=O)Nc1ccccc1CC)CC(=O)N2. The van der Waals surface area contributed by atoms with Crippen LogP contribution in [0.5, 0.6) is 0 Å². The molecule has 0 fully saturated rings. The molecule has 0 bridgehead atoms. The number of rotatable bonds is 7. The average molecular weight is 401 g/mol. The minimum absolute atomic E-state index is 0.0831. The Morgan fingerprint density at radius 2 is 2.07 bits per heavy atom. The molecule has 2 heterocycles. The second-order valence-corrected chi connectivity index (χ2v) is 7.72. The Bertz CT molecular complexity index is 941. The third-order valence-corrected chi connectivity index (χ3v) is 5.60. The molecule has 148 valence electrons. The van der Waals surface area contributed by atoms with Crippen molar-refractivity contribution in [2.24, 2.45) is 0 Å². The van der Waals surface area contributed by atoms with Gasteiger partial charge in [0.1, 0.15) is 5.82 Å². The molecule has 7 nitrogen and oxygen atoms in total. The van der Waals surface area contributed by atoms with E-state index in [0.717, 1.165) is 30.6 Å². The number of benzene rings is 1. The van der Waals surface area contributed by atoms with Gasteiger partial charge in [-0.15, -0.1) is 0 Å². The molecule has 3 N–H and O–H groups in total. The molecule has 0 saturated carbocycles. The third-order valence-electron chi connectivity index (χ3n) is 4.64. The van der Waals surface area contributed by atoms with Gasteiger partial charge in [-0.05, 0) is 24.5 Å². The van der Waals surface area contributed by atoms with E-state index in [-0.39, 0.29) is 35.2 Å². The summed E-state index contributed by atoms with van der Waals surface area (Å²) in [5.41, 5.74) is 1.52. The minimum atomic E-state index is -0.875. The van der Waals surface area contributed by atoms with Crippen molar-refractivity contribution < 1.29 is 9.59 Å². The number of nitrogens with one attached hydrogen (secondary N) is 3. The zero-order valence-electron chi connectivity index (χ0n) is 16.0. The number of aromatic amines is 1. The third kappa shape index (κ3) is 4.44. The fraction of sp³-hybridized carbons (Fsp3) is 0.400. The van der Waals surface area contributed by atoms with Crippen molar-refractivity contribution in [1.29, 1.82) is 0 Å². The van der Waals surface area contributed by atoms with Gasteiger partial charge in [-0.1, -0.05) is 50.2 Å². The van der Waals surface area contributed by atoms with Crippen LogP contribution >= 0.6 is 11.8 Å². The molecule has 1 aliphatic rings. The Labute approximate surface area is 167 Å². The van der Waals surface area contributed by atoms with Gasteiger partial charge in [0, 0.05) is 17.9 Å². The van der Waals surface area contributed by atoms with Crippen LogP contribution < -0.4 is 16.2 Å². The minimum Gasteiger partial charge on any atom is -0.325 e. The van der Waals surface area contributed by atoms with Gasteiger partial charge in [0.25, 0.3) is 5.56 Å². The number of anilines is 2. The molecular weight excluding hydrogens is 376 g/mol. The number of carbonyl (C=O) groups is 2. The standard InChI is InChI=1S/C20H24N4O3S/c1-3-5-10-28-20-23-17-16(19(27)24-20)13(11-15(25)22-17)18(26)21-14-9-7-6-8-12(14)4-2/h6-9,13H,3-5,10-11H2,1-2H3,(H,21,26)(H2,22,23,24,25,27)/t13-/m0/s1. The largest absolute Gasteiger partial charge is 0.325 e. The molecule has 1 aromatic carbocycles. The maximum atomic E-state index is 12.9. The molecule has 2 amide bonds. The van der Waals surface area contributed by atoms with E-state index in [2.05, 4.69) is 27.5 Å². The van der Waals surface area contributed by atoms with Crippen LogP contribution in [0.1, 0.15) is 50.2 Å². The van der Waals surface area contributed by atoms with Gasteiger partial charge >= 0.3 is 0 Å². The molecule has 2 aromatic rings. The Morgan fingerprint density at radius 1 is 1.29 bits per heavy atom. The summed E-state index contributed by atoms with van der Waals surface area (Å²) in [5.74, 6) is -0.568. The molecular formula is C20H24N4O3S. The first-order valence-corrected chi connectivity index (χ1v) is 10.5. The number of H-pyrrole nitrogens is 1. The zero-order valence-corrected chi connectivity index (χ0v) is 16.8. The Morgan fingerprint density at radius 3 is 2.82 bits per heavy atom. The number of thioether (sulfide) groups is 1. The lowest BCUT2D eigenvalue weighted by molar-refractivity contribution is -0.123. The van der Waals surface area contributed by atoms with E-state index in [0.29, 0.717) is 10.8 Å². The van der Waals surface area contributed by atoms with Gasteiger partial charge in [0.2, 0.25) is 11.8 Å². The molecule has 0 unspecified atom stereocenters. The summed E-state index contributed by atoms with van der Waals surface area (Å²) >= 11 is 1.43. The number of unbranched alkanes of at least 4 members (excludes halogenated alkanes) is 1. The summed E-state index contributed by atoms with van der Waals surface area (Å²) in [4.78, 5) is 44.8. The highest BCUT2D eigenvalue weighted by atomic mass is 32.2. The van der Waals surface area contributed by atoms with Gasteiger partial charge in [-0.25, -0.2) is 4.98 Å². The maximum absolute atomic E-state index is 12.9. The second-order valence-electron chi connectivity index (χ2n) is 6.64. The van der Waals surface area contributed by atoms with Crippen molar-refractivity contribution in [2.45, 2.75) is 50.6 Å². The predicted molar refractivity (Wildman–Crippen MR) is 111 cm³/mol. The van der Waals surface area contributed by atoms with Crippen molar-refractivity contribution in [3.05, 3.63) is 45.7 Å². The number of amides is 2. The summed E-state index contributed by atoms with van der Waals surface area (Å²) in [7, 11) is 0. The number of hydrogen-bond donors (Lipinski definition) is 3. The van der Waals surface area contributed by atoms with Gasteiger partial charge < -0.3 is 15.6 Å². The number of aromatic nitrogens is 2. The van der Waals surface area contributed by atoms with Gasteiger partial charge in [-0.3, -0.25) is 14.4 Å². The number of carbonyl (C=O) groups excluding carboxylic acids is 2. The van der Waals surface area contributed by atoms with E-state index in [1.165, 1.54) is 11.8 Å². The second kappa shape index (κ2) is 9.05. The van der Waals surface area contributed by atoms with Gasteiger partial charge in [0.05, 0.1) is 11.5 Å². The van der Waals surface area contributed by atoms with Gasteiger partial charge in [0.15, 0.2) is 5.16 Å². The van der Waals surface area contributed by atoms with Crippen LogP contribution in [-0.2, 0) is 16.0 Å². The van der Waals surface area contributed by atoms with E-state index in [1.807, 2.05) is 31.2 Å². The van der Waals surface area contributed by atoms with Crippen molar-refractivity contribution in [3.8, 4) is 0 Å². The van der Waals surface area contributed by atoms with Crippen LogP contribution in [0.2, 0.25) is 0 Å². The van der Waals surface area contributed by atoms with E-state index < -0.39 is 5.92 Å². The molecule has 3 rings (SSSR count). The molecule has 28 heavy (non-hydrogen) atoms. The van der Waals surface area contributed by atoms with Crippen LogP contribution in [-0.4, -0.2) is 27.5 Å². The van der Waals surface area contributed by atoms with E-state index in [9.17, 15) is 14.4 Å². The fourth-order valence-electron chi connectivity index (χ4n) is 3.13. The highest BCUT2D eigenvalue weighted by Gasteiger charge is 2.34. The lowest BCUT2D eigenvalue weighted by Gasteiger charge is -2.24. The Balaban J connectivity index is 1.88. The molecule has 0 spiro atoms. The summed E-state index contributed by atoms with van der Waals surface area (Å²) in [5, 5.41) is 5.96. The molecule has 8 heteroatoms. The molecule has 1 aromatic heterocycles. The average Bonchev–Trinajstić information content (AvgIpc) is 2.67. The van der Waals surface area contributed by atoms with Crippen LogP contribution in [0.3, 0.4) is 0 Å². The zero-order chi connectivity index (χ0) is 20.1. The van der Waals surface area contributed by atoms with Crippen molar-refractivity contribution in [2.75, 3.05) is 16.4 Å². The monoisotopic (exact) mass is 400 g/mol. The van der Waals surface area contributed by atoms with Crippen molar-refractivity contribution >= 4 is 35.1 Å². The summed E-state index contributed by atoms with van der Waals surface area (Å²) in [6, 6.07) is 7.50. The van der Waals surface area contributed by atoms with E-state index >= 15 is 0 Å². The first-order chi connectivity index (χ1) is 13.5. The highest BCUT2D eigenvalue weighted by molar-refractivity contribution is 7.99. The first-order valence-electron chi connectivity index (χ1n) is 9.49. The number of aryl methyl sites for hydroxylation is 1. The van der Waals surface area contributed by atoms with E-state index in [4.69, 9.17) is 0 Å². The summed E-state index contributed by atoms with van der Waals surface area (Å²) in [6.45, 7) is 4.09. The lowest BCUT2D eigenvalue weighted by atomic mass is 9.92. The smallest absolute Gasteiger partial charge is 0.257 e. The number of fused-ring (bicyclic) bond motifs is 1. The predicted octanol–water partition coefficient (Wildman–Crippen LogP) is 3.29. The number of para-hydroxylation sites is 1. The molecule has 0 radical (unpaired) electrons. The van der Waals surface area contributed by atoms with Crippen molar-refractivity contribution in [1.82, 2.24) is 9.97 Å². The lowest BCUT2D eigenvalue weighted by Crippen LogP contribution is -2.36. The molecule has 1 atom stereocenters. The molecule has 0 saturated heterocycles. The van der Waals surface area contributed by atoms with E-state index in [1.54, 1.807) is 0 Å². The molecule has 1 aliphatic heterocycles. The van der Waals surface area contributed by atoms with Crippen LogP contribution in [0.4, 0.5) is 11.5 Å². The van der Waals surface area contributed by atoms with Crippen LogP contribution in [0, 0.1) is 0 Å². The number of hydrogen-bond acceptors (Lipinski definition) is 5. The Hall–Kier alpha value is -2.61. The fourth-order valence-corrected chi connectivity index (χ4v) is 4.07. The highest BCUT2D eigenvalue weighted by Crippen LogP contribution is 2.31. The van der Waals surface area contributed by atoms with Crippen molar-refractivity contribution in [3.63, 3.8) is 0 Å². The number of nitrogens with zero attached hydrogens (tertiary/aromatic N) is 1. The van der Waals surface area contributed by atoms with Crippen LogP contribution in [0.25, 0.3) is 0 Å². The maximum Gasteiger partial charge on any atom is 0.257 e. The molecule has 0 aliphatic carbocycles. The normalized spacial score (nSPS) is 15.6. The summed E-state index contributed by atoms with van der Waals surface area (Å²) in [6.07, 6.45) is 2.72. The van der Waals surface area contributed by atoms with Crippen LogP contribution in [0.15, 0.2) is 34.2 Å². The topological polar surface area (TPSA) is 104 Å². The first kappa shape index (κ1) is 20.1.